The Bertz CT molecular complexity index is 1010. The third-order valence-corrected chi connectivity index (χ3v) is 4.09. The molecule has 0 unspecified atom stereocenters. The standard InChI is InChI=1S/C22H19N3O3S/c26-20(13-12-16-7-2-1-3-8-16)25-22(29)24-19-11-5-4-10-18(19)21(27)23-15-17-9-6-14-28-17/h1-14H,15H2,(H,23,27)(H2,24,25,26,29)/b13-12+. The van der Waals surface area contributed by atoms with E-state index in [0.717, 1.165) is 5.56 Å². The first-order valence-electron chi connectivity index (χ1n) is 8.86. The number of para-hydroxylation sites is 1. The third kappa shape index (κ3) is 6.15. The van der Waals surface area contributed by atoms with Crippen molar-refractivity contribution >= 4 is 40.9 Å². The van der Waals surface area contributed by atoms with Gasteiger partial charge >= 0.3 is 0 Å². The molecular formula is C22H19N3O3S. The van der Waals surface area contributed by atoms with Crippen LogP contribution in [-0.4, -0.2) is 16.9 Å². The van der Waals surface area contributed by atoms with Crippen molar-refractivity contribution in [2.24, 2.45) is 0 Å². The Labute approximate surface area is 173 Å². The highest BCUT2D eigenvalue weighted by atomic mass is 32.1. The molecule has 0 atom stereocenters. The Morgan fingerprint density at radius 2 is 1.72 bits per heavy atom. The Balaban J connectivity index is 1.58. The fourth-order valence-electron chi connectivity index (χ4n) is 2.51. The molecule has 0 aliphatic heterocycles. The quantitative estimate of drug-likeness (QED) is 0.430. The first-order chi connectivity index (χ1) is 14.1. The molecule has 1 heterocycles. The van der Waals surface area contributed by atoms with Crippen LogP contribution in [0.2, 0.25) is 0 Å². The molecule has 0 fully saturated rings. The lowest BCUT2D eigenvalue weighted by Crippen LogP contribution is -2.33. The van der Waals surface area contributed by atoms with Gasteiger partial charge in [0, 0.05) is 6.08 Å². The number of thiocarbonyl (C=S) groups is 1. The van der Waals surface area contributed by atoms with E-state index in [2.05, 4.69) is 16.0 Å². The number of hydrogen-bond acceptors (Lipinski definition) is 4. The summed E-state index contributed by atoms with van der Waals surface area (Å²) in [6.45, 7) is 0.269. The number of anilines is 1. The molecule has 3 N–H and O–H groups in total. The molecule has 6 nitrogen and oxygen atoms in total. The lowest BCUT2D eigenvalue weighted by molar-refractivity contribution is -0.115. The fraction of sp³-hybridized carbons (Fsp3) is 0.0455. The molecule has 0 bridgehead atoms. The van der Waals surface area contributed by atoms with E-state index in [0.29, 0.717) is 17.0 Å². The summed E-state index contributed by atoms with van der Waals surface area (Å²) >= 11 is 5.20. The van der Waals surface area contributed by atoms with Crippen LogP contribution < -0.4 is 16.0 Å². The summed E-state index contributed by atoms with van der Waals surface area (Å²) in [6.07, 6.45) is 4.63. The van der Waals surface area contributed by atoms with E-state index in [1.54, 1.807) is 48.7 Å². The minimum Gasteiger partial charge on any atom is -0.467 e. The van der Waals surface area contributed by atoms with Gasteiger partial charge < -0.3 is 15.1 Å². The predicted octanol–water partition coefficient (Wildman–Crippen LogP) is 3.74. The molecule has 0 aliphatic carbocycles. The molecule has 0 saturated carbocycles. The van der Waals surface area contributed by atoms with E-state index >= 15 is 0 Å². The van der Waals surface area contributed by atoms with Crippen LogP contribution in [0.1, 0.15) is 21.7 Å². The van der Waals surface area contributed by atoms with Gasteiger partial charge in [0.15, 0.2) is 5.11 Å². The van der Waals surface area contributed by atoms with Crippen molar-refractivity contribution < 1.29 is 14.0 Å². The van der Waals surface area contributed by atoms with Crippen molar-refractivity contribution in [2.45, 2.75) is 6.54 Å². The summed E-state index contributed by atoms with van der Waals surface area (Å²) in [5.74, 6) is -0.00881. The van der Waals surface area contributed by atoms with Crippen molar-refractivity contribution in [2.75, 3.05) is 5.32 Å². The molecule has 2 amide bonds. The maximum atomic E-state index is 12.5. The van der Waals surface area contributed by atoms with Gasteiger partial charge in [-0.3, -0.25) is 14.9 Å². The summed E-state index contributed by atoms with van der Waals surface area (Å²) in [5, 5.41) is 8.34. The monoisotopic (exact) mass is 405 g/mol. The van der Waals surface area contributed by atoms with Crippen LogP contribution in [0.25, 0.3) is 6.08 Å². The summed E-state index contributed by atoms with van der Waals surface area (Å²) in [5.41, 5.74) is 1.79. The Morgan fingerprint density at radius 1 is 0.966 bits per heavy atom. The van der Waals surface area contributed by atoms with Crippen LogP contribution >= 0.6 is 12.2 Å². The molecule has 2 aromatic carbocycles. The Morgan fingerprint density at radius 3 is 2.48 bits per heavy atom. The van der Waals surface area contributed by atoms with Crippen molar-refractivity contribution in [3.63, 3.8) is 0 Å². The number of benzene rings is 2. The van der Waals surface area contributed by atoms with Crippen molar-refractivity contribution in [1.29, 1.82) is 0 Å². The topological polar surface area (TPSA) is 83.4 Å². The average Bonchev–Trinajstić information content (AvgIpc) is 3.25. The number of carbonyl (C=O) groups excluding carboxylic acids is 2. The lowest BCUT2D eigenvalue weighted by atomic mass is 10.1. The molecule has 3 aromatic rings. The van der Waals surface area contributed by atoms with E-state index in [4.69, 9.17) is 16.6 Å². The SMILES string of the molecule is O=C(/C=C/c1ccccc1)NC(=S)Nc1ccccc1C(=O)NCc1ccco1. The van der Waals surface area contributed by atoms with E-state index in [1.807, 2.05) is 30.3 Å². The van der Waals surface area contributed by atoms with Gasteiger partial charge in [-0.25, -0.2) is 0 Å². The first-order valence-corrected chi connectivity index (χ1v) is 9.27. The normalized spacial score (nSPS) is 10.5. The second-order valence-corrected chi connectivity index (χ2v) is 6.40. The Kier molecular flexibility index (Phi) is 6.91. The molecule has 29 heavy (non-hydrogen) atoms. The summed E-state index contributed by atoms with van der Waals surface area (Å²) in [7, 11) is 0. The molecule has 0 spiro atoms. The molecule has 3 rings (SSSR count). The number of nitrogens with one attached hydrogen (secondary N) is 3. The smallest absolute Gasteiger partial charge is 0.253 e. The number of carbonyl (C=O) groups is 2. The largest absolute Gasteiger partial charge is 0.467 e. The number of amides is 2. The average molecular weight is 405 g/mol. The molecule has 0 saturated heterocycles. The van der Waals surface area contributed by atoms with Gasteiger partial charge in [0.05, 0.1) is 24.1 Å². The number of rotatable bonds is 6. The van der Waals surface area contributed by atoms with Gasteiger partial charge in [-0.1, -0.05) is 42.5 Å². The minimum atomic E-state index is -0.369. The molecule has 0 radical (unpaired) electrons. The summed E-state index contributed by atoms with van der Waals surface area (Å²) in [6, 6.07) is 19.9. The molecule has 7 heteroatoms. The molecular weight excluding hydrogens is 386 g/mol. The van der Waals surface area contributed by atoms with Gasteiger partial charge in [-0.05, 0) is 48.1 Å². The zero-order chi connectivity index (χ0) is 20.5. The third-order valence-electron chi connectivity index (χ3n) is 3.89. The van der Waals surface area contributed by atoms with Gasteiger partial charge in [-0.2, -0.15) is 0 Å². The molecule has 1 aromatic heterocycles. The summed E-state index contributed by atoms with van der Waals surface area (Å²) < 4.78 is 5.21. The molecule has 146 valence electrons. The fourth-order valence-corrected chi connectivity index (χ4v) is 2.72. The second-order valence-electron chi connectivity index (χ2n) is 6.00. The van der Waals surface area contributed by atoms with Crippen LogP contribution in [-0.2, 0) is 11.3 Å². The van der Waals surface area contributed by atoms with Crippen LogP contribution in [0.15, 0.2) is 83.5 Å². The summed E-state index contributed by atoms with van der Waals surface area (Å²) in [4.78, 5) is 24.5. The van der Waals surface area contributed by atoms with E-state index < -0.39 is 0 Å². The number of furan rings is 1. The second kappa shape index (κ2) is 10.0. The van der Waals surface area contributed by atoms with Gasteiger partial charge in [-0.15, -0.1) is 0 Å². The van der Waals surface area contributed by atoms with E-state index in [-0.39, 0.29) is 23.5 Å². The zero-order valence-corrected chi connectivity index (χ0v) is 16.2. The van der Waals surface area contributed by atoms with Crippen LogP contribution in [0, 0.1) is 0 Å². The maximum Gasteiger partial charge on any atom is 0.253 e. The van der Waals surface area contributed by atoms with Crippen molar-refractivity contribution in [3.8, 4) is 0 Å². The minimum absolute atomic E-state index is 0.0963. The predicted molar refractivity (Wildman–Crippen MR) is 116 cm³/mol. The van der Waals surface area contributed by atoms with Crippen molar-refractivity contribution in [3.05, 3.63) is 96.0 Å². The van der Waals surface area contributed by atoms with Gasteiger partial charge in [0.25, 0.3) is 5.91 Å². The number of hydrogen-bond donors (Lipinski definition) is 3. The maximum absolute atomic E-state index is 12.5. The Hall–Kier alpha value is -3.71. The first kappa shape index (κ1) is 20.0. The lowest BCUT2D eigenvalue weighted by Gasteiger charge is -2.12. The highest BCUT2D eigenvalue weighted by Crippen LogP contribution is 2.15. The van der Waals surface area contributed by atoms with Crippen molar-refractivity contribution in [1.82, 2.24) is 10.6 Å². The molecule has 0 aliphatic rings. The van der Waals surface area contributed by atoms with Gasteiger partial charge in [0.1, 0.15) is 5.76 Å². The van der Waals surface area contributed by atoms with Gasteiger partial charge in [0.2, 0.25) is 5.91 Å². The zero-order valence-electron chi connectivity index (χ0n) is 15.4. The van der Waals surface area contributed by atoms with Crippen LogP contribution in [0.4, 0.5) is 5.69 Å². The highest BCUT2D eigenvalue weighted by molar-refractivity contribution is 7.80. The van der Waals surface area contributed by atoms with Crippen LogP contribution in [0.3, 0.4) is 0 Å². The highest BCUT2D eigenvalue weighted by Gasteiger charge is 2.12. The van der Waals surface area contributed by atoms with E-state index in [1.165, 1.54) is 6.08 Å². The van der Waals surface area contributed by atoms with Crippen LogP contribution in [0.5, 0.6) is 0 Å². The van der Waals surface area contributed by atoms with E-state index in [9.17, 15) is 9.59 Å².